The SMILES string of the molecule is COc1cc(Cl)c(C)cc1NC(=O)[C@H](C)OC(=O)/C=C/c1ccc(C)s1. The molecule has 0 aliphatic rings. The summed E-state index contributed by atoms with van der Waals surface area (Å²) < 4.78 is 10.4. The average Bonchev–Trinajstić information content (AvgIpc) is 3.01. The van der Waals surface area contributed by atoms with E-state index in [2.05, 4.69) is 5.32 Å². The van der Waals surface area contributed by atoms with Gasteiger partial charge in [-0.2, -0.15) is 0 Å². The van der Waals surface area contributed by atoms with Crippen LogP contribution in [0, 0.1) is 13.8 Å². The number of methoxy groups -OCH3 is 1. The summed E-state index contributed by atoms with van der Waals surface area (Å²) in [7, 11) is 1.48. The molecule has 5 nitrogen and oxygen atoms in total. The van der Waals surface area contributed by atoms with Crippen molar-refractivity contribution < 1.29 is 19.1 Å². The van der Waals surface area contributed by atoms with Gasteiger partial charge in [0.1, 0.15) is 5.75 Å². The zero-order valence-corrected chi connectivity index (χ0v) is 16.5. The Hall–Kier alpha value is -2.31. The molecular weight excluding hydrogens is 374 g/mol. The smallest absolute Gasteiger partial charge is 0.331 e. The molecule has 26 heavy (non-hydrogen) atoms. The summed E-state index contributed by atoms with van der Waals surface area (Å²) in [6, 6.07) is 7.20. The van der Waals surface area contributed by atoms with Crippen molar-refractivity contribution in [1.82, 2.24) is 0 Å². The maximum Gasteiger partial charge on any atom is 0.331 e. The van der Waals surface area contributed by atoms with E-state index in [0.717, 1.165) is 15.3 Å². The predicted octanol–water partition coefficient (Wildman–Crippen LogP) is 4.61. The van der Waals surface area contributed by atoms with Crippen molar-refractivity contribution in [3.05, 3.63) is 50.7 Å². The number of hydrogen-bond acceptors (Lipinski definition) is 5. The minimum Gasteiger partial charge on any atom is -0.495 e. The van der Waals surface area contributed by atoms with Crippen molar-refractivity contribution in [2.45, 2.75) is 26.9 Å². The molecule has 0 unspecified atom stereocenters. The molecule has 1 amide bonds. The number of carbonyl (C=O) groups is 2. The molecule has 0 radical (unpaired) electrons. The molecule has 2 aromatic rings. The van der Waals surface area contributed by atoms with Gasteiger partial charge in [-0.3, -0.25) is 4.79 Å². The van der Waals surface area contributed by atoms with E-state index in [4.69, 9.17) is 21.1 Å². The Morgan fingerprint density at radius 2 is 2.00 bits per heavy atom. The molecule has 1 aromatic carbocycles. The Labute approximate surface area is 161 Å². The van der Waals surface area contributed by atoms with E-state index in [-0.39, 0.29) is 0 Å². The van der Waals surface area contributed by atoms with Crippen LogP contribution in [-0.2, 0) is 14.3 Å². The fraction of sp³-hybridized carbons (Fsp3) is 0.263. The van der Waals surface area contributed by atoms with Gasteiger partial charge in [-0.15, -0.1) is 11.3 Å². The molecule has 2 rings (SSSR count). The first-order valence-corrected chi connectivity index (χ1v) is 9.09. The van der Waals surface area contributed by atoms with Gasteiger partial charge in [-0.05, 0) is 50.6 Å². The lowest BCUT2D eigenvalue weighted by Gasteiger charge is -2.15. The fourth-order valence-electron chi connectivity index (χ4n) is 2.12. The molecule has 0 aliphatic carbocycles. The Balaban J connectivity index is 1.98. The molecule has 1 aromatic heterocycles. The van der Waals surface area contributed by atoms with Crippen molar-refractivity contribution >= 4 is 46.6 Å². The van der Waals surface area contributed by atoms with E-state index in [1.54, 1.807) is 29.5 Å². The van der Waals surface area contributed by atoms with Crippen LogP contribution in [0.3, 0.4) is 0 Å². The molecular formula is C19H20ClNO4S. The topological polar surface area (TPSA) is 64.6 Å². The summed E-state index contributed by atoms with van der Waals surface area (Å²) in [5.41, 5.74) is 1.26. The summed E-state index contributed by atoms with van der Waals surface area (Å²) in [5.74, 6) is -0.614. The summed E-state index contributed by atoms with van der Waals surface area (Å²) in [5, 5.41) is 3.23. The van der Waals surface area contributed by atoms with Crippen molar-refractivity contribution in [3.63, 3.8) is 0 Å². The number of rotatable bonds is 6. The van der Waals surface area contributed by atoms with Gasteiger partial charge in [0, 0.05) is 26.9 Å². The number of amides is 1. The lowest BCUT2D eigenvalue weighted by atomic mass is 10.2. The first kappa shape index (κ1) is 20.0. The molecule has 1 atom stereocenters. The van der Waals surface area contributed by atoms with Gasteiger partial charge < -0.3 is 14.8 Å². The Kier molecular flexibility index (Phi) is 6.83. The quantitative estimate of drug-likeness (QED) is 0.575. The van der Waals surface area contributed by atoms with Crippen LogP contribution in [0.25, 0.3) is 6.08 Å². The Morgan fingerprint density at radius 1 is 1.27 bits per heavy atom. The van der Waals surface area contributed by atoms with Gasteiger partial charge in [0.25, 0.3) is 5.91 Å². The van der Waals surface area contributed by atoms with Crippen LogP contribution in [0.4, 0.5) is 5.69 Å². The number of esters is 1. The highest BCUT2D eigenvalue weighted by Gasteiger charge is 2.19. The third kappa shape index (κ3) is 5.34. The van der Waals surface area contributed by atoms with E-state index in [1.807, 2.05) is 26.0 Å². The number of anilines is 1. The maximum absolute atomic E-state index is 12.3. The van der Waals surface area contributed by atoms with Crippen LogP contribution >= 0.6 is 22.9 Å². The second-order valence-corrected chi connectivity index (χ2v) is 7.38. The highest BCUT2D eigenvalue weighted by Crippen LogP contribution is 2.31. The van der Waals surface area contributed by atoms with Crippen LogP contribution in [0.1, 0.15) is 22.2 Å². The van der Waals surface area contributed by atoms with E-state index in [0.29, 0.717) is 16.5 Å². The Bertz CT molecular complexity index is 844. The van der Waals surface area contributed by atoms with Crippen LogP contribution in [-0.4, -0.2) is 25.1 Å². The normalized spacial score (nSPS) is 12.0. The molecule has 1 N–H and O–H groups in total. The number of ether oxygens (including phenoxy) is 2. The molecule has 1 heterocycles. The van der Waals surface area contributed by atoms with Crippen LogP contribution in [0.2, 0.25) is 5.02 Å². The van der Waals surface area contributed by atoms with E-state index in [9.17, 15) is 9.59 Å². The van der Waals surface area contributed by atoms with Gasteiger partial charge >= 0.3 is 5.97 Å². The number of benzene rings is 1. The van der Waals surface area contributed by atoms with E-state index >= 15 is 0 Å². The summed E-state index contributed by atoms with van der Waals surface area (Å²) in [6.07, 6.45) is 2.01. The monoisotopic (exact) mass is 393 g/mol. The van der Waals surface area contributed by atoms with E-state index in [1.165, 1.54) is 20.1 Å². The molecule has 0 saturated heterocycles. The largest absolute Gasteiger partial charge is 0.495 e. The molecule has 0 saturated carbocycles. The third-order valence-electron chi connectivity index (χ3n) is 3.55. The van der Waals surface area contributed by atoms with Gasteiger partial charge in [0.2, 0.25) is 0 Å². The number of halogens is 1. The molecule has 0 aliphatic heterocycles. The lowest BCUT2D eigenvalue weighted by molar-refractivity contribution is -0.148. The summed E-state index contributed by atoms with van der Waals surface area (Å²) in [4.78, 5) is 26.3. The first-order chi connectivity index (χ1) is 12.3. The average molecular weight is 394 g/mol. The number of carbonyl (C=O) groups excluding carboxylic acids is 2. The van der Waals surface area contributed by atoms with Gasteiger partial charge in [-0.1, -0.05) is 11.6 Å². The molecule has 0 spiro atoms. The summed E-state index contributed by atoms with van der Waals surface area (Å²) in [6.45, 7) is 5.31. The van der Waals surface area contributed by atoms with Crippen molar-refractivity contribution in [3.8, 4) is 5.75 Å². The van der Waals surface area contributed by atoms with Gasteiger partial charge in [-0.25, -0.2) is 4.79 Å². The molecule has 7 heteroatoms. The van der Waals surface area contributed by atoms with E-state index < -0.39 is 18.0 Å². The second kappa shape index (κ2) is 8.87. The molecule has 0 bridgehead atoms. The molecule has 138 valence electrons. The first-order valence-electron chi connectivity index (χ1n) is 7.90. The standard InChI is InChI=1S/C19H20ClNO4S/c1-11-9-16(17(24-4)10-15(11)20)21-19(23)13(3)25-18(22)8-7-14-6-5-12(2)26-14/h5-10,13H,1-4H3,(H,21,23)/b8-7+/t13-/m0/s1. The number of thiophene rings is 1. The van der Waals surface area contributed by atoms with Gasteiger partial charge in [0.05, 0.1) is 12.8 Å². The fourth-order valence-corrected chi connectivity index (χ4v) is 3.06. The minimum absolute atomic E-state index is 0.431. The lowest BCUT2D eigenvalue weighted by Crippen LogP contribution is -2.29. The van der Waals surface area contributed by atoms with Crippen molar-refractivity contribution in [2.24, 2.45) is 0 Å². The zero-order valence-electron chi connectivity index (χ0n) is 15.0. The van der Waals surface area contributed by atoms with Crippen LogP contribution in [0.5, 0.6) is 5.75 Å². The van der Waals surface area contributed by atoms with Crippen molar-refractivity contribution in [1.29, 1.82) is 0 Å². The summed E-state index contributed by atoms with van der Waals surface area (Å²) >= 11 is 7.62. The highest BCUT2D eigenvalue weighted by molar-refractivity contribution is 7.12. The predicted molar refractivity (Wildman–Crippen MR) is 105 cm³/mol. The Morgan fingerprint density at radius 3 is 2.62 bits per heavy atom. The minimum atomic E-state index is -0.960. The van der Waals surface area contributed by atoms with Crippen LogP contribution in [0.15, 0.2) is 30.3 Å². The number of hydrogen-bond donors (Lipinski definition) is 1. The second-order valence-electron chi connectivity index (χ2n) is 5.65. The third-order valence-corrected chi connectivity index (χ3v) is 4.92. The van der Waals surface area contributed by atoms with Crippen molar-refractivity contribution in [2.75, 3.05) is 12.4 Å². The zero-order chi connectivity index (χ0) is 19.3. The molecule has 0 fully saturated rings. The maximum atomic E-state index is 12.3. The number of aryl methyl sites for hydroxylation is 2. The number of nitrogens with one attached hydrogen (secondary N) is 1. The van der Waals surface area contributed by atoms with Gasteiger partial charge in [0.15, 0.2) is 6.10 Å². The highest BCUT2D eigenvalue weighted by atomic mass is 35.5. The van der Waals surface area contributed by atoms with Crippen LogP contribution < -0.4 is 10.1 Å².